The molecule has 1 fully saturated rings. The van der Waals surface area contributed by atoms with Gasteiger partial charge in [0.25, 0.3) is 0 Å². The molecule has 0 spiro atoms. The minimum atomic E-state index is -5.07. The lowest BCUT2D eigenvalue weighted by molar-refractivity contribution is -0.301. The van der Waals surface area contributed by atoms with Crippen LogP contribution in [0.4, 0.5) is 0 Å². The standard InChI is InChI=1S/C53H90O12S/c1-3-5-7-9-11-13-15-17-19-21-23-25-27-29-31-33-35-37-39-41-43-61-45-47(46-62-53-51(57)52(65-66(58,59)60)50(56)48(44-54)64-53)63-49(55)42-40-38-36-34-32-30-28-26-24-22-20-18-16-14-12-10-8-6-4-2/h5,7,11-14,17-20,23-26,47-48,50-54,56-57H,3-4,6,8-10,15-16,21-22,27-46H2,1-2H3,(H,58,59,60)/b7-5-,13-11-,14-12-,19-17-,20-18-,25-23-,26-24-. The number of aliphatic hydroxyl groups is 3. The van der Waals surface area contributed by atoms with Crippen LogP contribution in [0, 0.1) is 0 Å². The van der Waals surface area contributed by atoms with E-state index in [0.717, 1.165) is 109 Å². The number of carbonyl (C=O) groups is 1. The van der Waals surface area contributed by atoms with Crippen LogP contribution in [0.3, 0.4) is 0 Å². The first-order valence-electron chi connectivity index (χ1n) is 25.3. The summed E-state index contributed by atoms with van der Waals surface area (Å²) < 4.78 is 59.2. The maximum Gasteiger partial charge on any atom is 0.397 e. The second-order valence-electron chi connectivity index (χ2n) is 17.0. The van der Waals surface area contributed by atoms with Crippen LogP contribution in [0.15, 0.2) is 85.1 Å². The van der Waals surface area contributed by atoms with Gasteiger partial charge in [-0.05, 0) is 89.9 Å². The van der Waals surface area contributed by atoms with Crippen LogP contribution in [0.1, 0.15) is 181 Å². The number of hydrogen-bond donors (Lipinski definition) is 4. The van der Waals surface area contributed by atoms with Crippen LogP contribution in [-0.4, -0.2) is 97.5 Å². The smallest absolute Gasteiger partial charge is 0.397 e. The molecule has 0 aromatic rings. The van der Waals surface area contributed by atoms with Crippen molar-refractivity contribution in [2.75, 3.05) is 26.4 Å². The van der Waals surface area contributed by atoms with Crippen LogP contribution in [0.2, 0.25) is 0 Å². The summed E-state index contributed by atoms with van der Waals surface area (Å²) in [6.45, 7) is 3.80. The number of ether oxygens (including phenoxy) is 4. The Bertz CT molecular complexity index is 1470. The third kappa shape index (κ3) is 36.3. The Labute approximate surface area is 400 Å². The Morgan fingerprint density at radius 2 is 1.05 bits per heavy atom. The minimum Gasteiger partial charge on any atom is -0.457 e. The Morgan fingerprint density at radius 3 is 1.53 bits per heavy atom. The van der Waals surface area contributed by atoms with Crippen molar-refractivity contribution >= 4 is 16.4 Å². The first-order chi connectivity index (χ1) is 32.1. The van der Waals surface area contributed by atoms with Gasteiger partial charge in [-0.3, -0.25) is 9.35 Å². The number of unbranched alkanes of at least 4 members (excludes halogenated alkanes) is 16. The molecule has 0 radical (unpaired) electrons. The van der Waals surface area contributed by atoms with Crippen molar-refractivity contribution in [2.24, 2.45) is 0 Å². The molecule has 1 rings (SSSR count). The Kier molecular flexibility index (Phi) is 40.4. The highest BCUT2D eigenvalue weighted by Crippen LogP contribution is 2.26. The Morgan fingerprint density at radius 1 is 0.591 bits per heavy atom. The van der Waals surface area contributed by atoms with Crippen LogP contribution in [-0.2, 0) is 38.3 Å². The second kappa shape index (κ2) is 43.6. The van der Waals surface area contributed by atoms with Crippen molar-refractivity contribution in [2.45, 2.75) is 218 Å². The number of esters is 1. The van der Waals surface area contributed by atoms with E-state index in [-0.39, 0.29) is 19.6 Å². The lowest BCUT2D eigenvalue weighted by Crippen LogP contribution is -2.60. The summed E-state index contributed by atoms with van der Waals surface area (Å²) in [5, 5.41) is 30.8. The predicted molar refractivity (Wildman–Crippen MR) is 266 cm³/mol. The zero-order valence-electron chi connectivity index (χ0n) is 40.7. The Hall–Kier alpha value is -2.72. The molecule has 4 N–H and O–H groups in total. The summed E-state index contributed by atoms with van der Waals surface area (Å²) >= 11 is 0. The van der Waals surface area contributed by atoms with Gasteiger partial charge in [-0.25, -0.2) is 4.18 Å². The third-order valence-corrected chi connectivity index (χ3v) is 11.5. The molecule has 1 heterocycles. The topological polar surface area (TPSA) is 178 Å². The summed E-state index contributed by atoms with van der Waals surface area (Å²) in [6, 6.07) is 0. The van der Waals surface area contributed by atoms with Crippen molar-refractivity contribution in [3.05, 3.63) is 85.1 Å². The molecule has 1 aliphatic heterocycles. The summed E-state index contributed by atoms with van der Waals surface area (Å²) in [4.78, 5) is 12.9. The van der Waals surface area contributed by atoms with E-state index in [1.165, 1.54) is 44.9 Å². The molecule has 1 aliphatic rings. The molecule has 6 unspecified atom stereocenters. The summed E-state index contributed by atoms with van der Waals surface area (Å²) in [7, 11) is -5.07. The van der Waals surface area contributed by atoms with E-state index in [4.69, 9.17) is 18.9 Å². The molecule has 0 aliphatic carbocycles. The van der Waals surface area contributed by atoms with Gasteiger partial charge in [-0.15, -0.1) is 0 Å². The molecule has 66 heavy (non-hydrogen) atoms. The average Bonchev–Trinajstić information content (AvgIpc) is 3.29. The maximum absolute atomic E-state index is 12.9. The monoisotopic (exact) mass is 951 g/mol. The molecule has 6 atom stereocenters. The average molecular weight is 951 g/mol. The fourth-order valence-electron chi connectivity index (χ4n) is 7.20. The van der Waals surface area contributed by atoms with Crippen LogP contribution < -0.4 is 0 Å². The number of hydrogen-bond acceptors (Lipinski definition) is 11. The summed E-state index contributed by atoms with van der Waals surface area (Å²) in [5.74, 6) is -0.419. The van der Waals surface area contributed by atoms with E-state index in [2.05, 4.69) is 103 Å². The van der Waals surface area contributed by atoms with E-state index >= 15 is 0 Å². The second-order valence-corrected chi connectivity index (χ2v) is 18.1. The molecular weight excluding hydrogens is 861 g/mol. The van der Waals surface area contributed by atoms with Crippen LogP contribution in [0.5, 0.6) is 0 Å². The highest BCUT2D eigenvalue weighted by molar-refractivity contribution is 7.80. The van der Waals surface area contributed by atoms with Gasteiger partial charge >= 0.3 is 16.4 Å². The minimum absolute atomic E-state index is 0.0180. The van der Waals surface area contributed by atoms with Crippen molar-refractivity contribution in [1.29, 1.82) is 0 Å². The Balaban J connectivity index is 2.40. The summed E-state index contributed by atoms with van der Waals surface area (Å²) in [6.07, 6.45) is 48.9. The molecule has 0 saturated carbocycles. The zero-order valence-corrected chi connectivity index (χ0v) is 41.5. The normalized spacial score (nSPS) is 20.2. The van der Waals surface area contributed by atoms with Gasteiger partial charge < -0.3 is 34.3 Å². The van der Waals surface area contributed by atoms with Crippen LogP contribution >= 0.6 is 0 Å². The predicted octanol–water partition coefficient (Wildman–Crippen LogP) is 11.6. The molecule has 12 nitrogen and oxygen atoms in total. The SMILES string of the molecule is CC/C=C\C/C=C\C/C=C\C/C=C\CCCCCCCCCOCC(COC1OC(CO)C(O)C(OS(=O)(=O)O)C1O)OC(=O)CCCCCCCC/C=C\C/C=C\C/C=C\CCCCC. The fourth-order valence-corrected chi connectivity index (χ4v) is 7.71. The van der Waals surface area contributed by atoms with E-state index < -0.39 is 59.8 Å². The maximum atomic E-state index is 12.9. The van der Waals surface area contributed by atoms with Crippen LogP contribution in [0.25, 0.3) is 0 Å². The zero-order chi connectivity index (χ0) is 48.2. The first kappa shape index (κ1) is 61.3. The highest BCUT2D eigenvalue weighted by Gasteiger charge is 2.48. The van der Waals surface area contributed by atoms with Crippen molar-refractivity contribution in [3.8, 4) is 0 Å². The van der Waals surface area contributed by atoms with Gasteiger partial charge in [-0.1, -0.05) is 170 Å². The molecular formula is C53H90O12S. The van der Waals surface area contributed by atoms with Crippen molar-refractivity contribution in [1.82, 2.24) is 0 Å². The number of aliphatic hydroxyl groups excluding tert-OH is 3. The molecule has 0 amide bonds. The van der Waals surface area contributed by atoms with Crippen molar-refractivity contribution < 1.29 is 56.2 Å². The van der Waals surface area contributed by atoms with Gasteiger partial charge in [0, 0.05) is 13.0 Å². The van der Waals surface area contributed by atoms with E-state index in [9.17, 15) is 33.1 Å². The van der Waals surface area contributed by atoms with E-state index in [1.54, 1.807) is 0 Å². The molecule has 0 bridgehead atoms. The van der Waals surface area contributed by atoms with Crippen molar-refractivity contribution in [3.63, 3.8) is 0 Å². The fraction of sp³-hybridized carbons (Fsp3) is 0.717. The van der Waals surface area contributed by atoms with E-state index in [0.29, 0.717) is 13.0 Å². The molecule has 380 valence electrons. The number of rotatable bonds is 43. The van der Waals surface area contributed by atoms with Gasteiger partial charge in [0.05, 0.1) is 19.8 Å². The van der Waals surface area contributed by atoms with E-state index in [1.807, 2.05) is 0 Å². The first-order valence-corrected chi connectivity index (χ1v) is 26.7. The lowest BCUT2D eigenvalue weighted by Gasteiger charge is -2.41. The number of carbonyl (C=O) groups excluding carboxylic acids is 1. The number of allylic oxidation sites excluding steroid dienone is 14. The molecule has 1 saturated heterocycles. The quantitative estimate of drug-likeness (QED) is 0.0197. The highest BCUT2D eigenvalue weighted by atomic mass is 32.3. The molecule has 0 aromatic heterocycles. The van der Waals surface area contributed by atoms with Gasteiger partial charge in [0.15, 0.2) is 6.29 Å². The molecule has 13 heteroatoms. The summed E-state index contributed by atoms with van der Waals surface area (Å²) in [5.41, 5.74) is 0. The lowest BCUT2D eigenvalue weighted by atomic mass is 9.99. The van der Waals surface area contributed by atoms with Gasteiger partial charge in [0.2, 0.25) is 0 Å². The molecule has 0 aromatic carbocycles. The van der Waals surface area contributed by atoms with Gasteiger partial charge in [0.1, 0.15) is 30.5 Å². The third-order valence-electron chi connectivity index (χ3n) is 11.0. The van der Waals surface area contributed by atoms with Gasteiger partial charge in [-0.2, -0.15) is 8.42 Å². The largest absolute Gasteiger partial charge is 0.457 e.